The van der Waals surface area contributed by atoms with Gasteiger partial charge in [0.15, 0.2) is 0 Å². The highest BCUT2D eigenvalue weighted by atomic mass is 32.2. The lowest BCUT2D eigenvalue weighted by atomic mass is 10.2. The summed E-state index contributed by atoms with van der Waals surface area (Å²) in [7, 11) is 0. The number of hydrogen-bond donors (Lipinski definition) is 0. The Balaban J connectivity index is 0.000000956. The van der Waals surface area contributed by atoms with Crippen LogP contribution in [-0.4, -0.2) is 4.98 Å². The minimum Gasteiger partial charge on any atom is -0.236 e. The van der Waals surface area contributed by atoms with Gasteiger partial charge < -0.3 is 0 Å². The fraction of sp³-hybridized carbons (Fsp3) is 0.188. The Morgan fingerprint density at radius 2 is 2.00 bits per heavy atom. The number of allylic oxidation sites excluding steroid dienone is 4. The van der Waals surface area contributed by atoms with Crippen LogP contribution >= 0.6 is 23.5 Å². The van der Waals surface area contributed by atoms with Gasteiger partial charge in [0.2, 0.25) is 0 Å². The summed E-state index contributed by atoms with van der Waals surface area (Å²) in [5.41, 5.74) is 3.32. The average molecular weight is 305 g/mol. The lowest BCUT2D eigenvalue weighted by Gasteiger charge is -1.92. The van der Waals surface area contributed by atoms with Gasteiger partial charge in [-0.05, 0) is 44.0 Å². The van der Waals surface area contributed by atoms with Crippen molar-refractivity contribution in [1.29, 1.82) is 0 Å². The molecule has 104 valence electrons. The predicted octanol–water partition coefficient (Wildman–Crippen LogP) is 5.78. The van der Waals surface area contributed by atoms with Crippen LogP contribution < -0.4 is 0 Å². The zero-order chi connectivity index (χ0) is 15.1. The molecule has 0 saturated heterocycles. The highest BCUT2D eigenvalue weighted by Crippen LogP contribution is 2.28. The van der Waals surface area contributed by atoms with Gasteiger partial charge in [0, 0.05) is 4.91 Å². The van der Waals surface area contributed by atoms with E-state index in [1.807, 2.05) is 19.1 Å². The van der Waals surface area contributed by atoms with Crippen molar-refractivity contribution in [3.63, 3.8) is 0 Å². The molecule has 1 aromatic heterocycles. The van der Waals surface area contributed by atoms with E-state index in [9.17, 15) is 3.89 Å². The molecule has 0 aliphatic rings. The van der Waals surface area contributed by atoms with E-state index in [2.05, 4.69) is 36.9 Å². The number of nitrogens with zero attached hydrogens (tertiary/aromatic N) is 1. The van der Waals surface area contributed by atoms with Crippen molar-refractivity contribution < 1.29 is 3.89 Å². The molecule has 0 atom stereocenters. The maximum absolute atomic E-state index is 12.3. The number of thiazole rings is 1. The van der Waals surface area contributed by atoms with Crippen LogP contribution in [0.1, 0.15) is 24.4 Å². The van der Waals surface area contributed by atoms with Crippen molar-refractivity contribution >= 4 is 39.3 Å². The Morgan fingerprint density at radius 1 is 1.30 bits per heavy atom. The van der Waals surface area contributed by atoms with E-state index in [1.54, 1.807) is 24.3 Å². The first-order valence-electron chi connectivity index (χ1n) is 5.95. The minimum atomic E-state index is 0.268. The summed E-state index contributed by atoms with van der Waals surface area (Å²) in [5, 5.41) is 0.989. The topological polar surface area (TPSA) is 12.9 Å². The summed E-state index contributed by atoms with van der Waals surface area (Å²) in [4.78, 5) is 5.22. The summed E-state index contributed by atoms with van der Waals surface area (Å²) in [5.74, 6) is 0. The predicted molar refractivity (Wildman–Crippen MR) is 90.4 cm³/mol. The maximum atomic E-state index is 12.3. The first-order valence-corrected chi connectivity index (χ1v) is 7.48. The largest absolute Gasteiger partial charge is 0.236 e. The average Bonchev–Trinajstić information content (AvgIpc) is 2.89. The molecule has 0 amide bonds. The molecule has 0 saturated carbocycles. The molecule has 0 spiro atoms. The number of terminal acetylenes is 1. The number of hydrogen-bond acceptors (Lipinski definition) is 3. The van der Waals surface area contributed by atoms with E-state index in [4.69, 9.17) is 0 Å². The molecule has 2 rings (SSSR count). The van der Waals surface area contributed by atoms with E-state index in [0.717, 1.165) is 16.1 Å². The molecule has 4 heteroatoms. The van der Waals surface area contributed by atoms with Crippen molar-refractivity contribution in [3.8, 4) is 12.8 Å². The standard InChI is InChI=1S/C14H14FNS2.C2H2/c1-9-4-7-12-13(8-9)17-14(16-12)10(2)5-6-11(3)18-15;1-2/h4-8H,1-3H3;1-2H/b10-5+,11-6+;. The molecule has 0 radical (unpaired) electrons. The van der Waals surface area contributed by atoms with Crippen LogP contribution in [0.2, 0.25) is 0 Å². The number of rotatable bonds is 3. The molecule has 0 bridgehead atoms. The van der Waals surface area contributed by atoms with E-state index in [0.29, 0.717) is 4.91 Å². The van der Waals surface area contributed by atoms with Gasteiger partial charge >= 0.3 is 0 Å². The third kappa shape index (κ3) is 4.22. The SMILES string of the molecule is C#C.C/C(=C\C=C(/C)c1nc2ccc(C)cc2s1)SF. The van der Waals surface area contributed by atoms with E-state index < -0.39 is 0 Å². The van der Waals surface area contributed by atoms with Crippen molar-refractivity contribution in [2.45, 2.75) is 20.8 Å². The molecule has 1 nitrogen and oxygen atoms in total. The monoisotopic (exact) mass is 305 g/mol. The van der Waals surface area contributed by atoms with E-state index in [-0.39, 0.29) is 12.1 Å². The van der Waals surface area contributed by atoms with Crippen LogP contribution in [0, 0.1) is 19.8 Å². The van der Waals surface area contributed by atoms with Gasteiger partial charge in [-0.15, -0.1) is 24.2 Å². The van der Waals surface area contributed by atoms with Crippen LogP contribution in [-0.2, 0) is 0 Å². The second-order valence-corrected chi connectivity index (χ2v) is 6.02. The van der Waals surface area contributed by atoms with Gasteiger partial charge in [0.25, 0.3) is 0 Å². The molecule has 0 fully saturated rings. The number of benzene rings is 1. The van der Waals surface area contributed by atoms with E-state index >= 15 is 0 Å². The fourth-order valence-electron chi connectivity index (χ4n) is 1.54. The molecule has 20 heavy (non-hydrogen) atoms. The first kappa shape index (κ1) is 16.5. The van der Waals surface area contributed by atoms with Crippen LogP contribution in [0.5, 0.6) is 0 Å². The Labute approximate surface area is 127 Å². The summed E-state index contributed by atoms with van der Waals surface area (Å²) in [6.07, 6.45) is 11.7. The Bertz CT molecular complexity index is 665. The van der Waals surface area contributed by atoms with Crippen molar-refractivity contribution in [2.75, 3.05) is 0 Å². The highest BCUT2D eigenvalue weighted by Gasteiger charge is 2.04. The highest BCUT2D eigenvalue weighted by molar-refractivity contribution is 7.98. The van der Waals surface area contributed by atoms with Gasteiger partial charge in [0.05, 0.1) is 22.4 Å². The Morgan fingerprint density at radius 3 is 2.65 bits per heavy atom. The maximum Gasteiger partial charge on any atom is 0.120 e. The molecule has 2 aromatic rings. The number of fused-ring (bicyclic) bond motifs is 1. The van der Waals surface area contributed by atoms with Crippen LogP contribution in [0.3, 0.4) is 0 Å². The Hall–Kier alpha value is -1.57. The third-order valence-corrected chi connectivity index (χ3v) is 4.10. The zero-order valence-corrected chi connectivity index (χ0v) is 13.3. The van der Waals surface area contributed by atoms with Crippen molar-refractivity contribution in [3.05, 3.63) is 45.8 Å². The van der Waals surface area contributed by atoms with Crippen LogP contribution in [0.15, 0.2) is 35.3 Å². The lowest BCUT2D eigenvalue weighted by Crippen LogP contribution is -1.76. The summed E-state index contributed by atoms with van der Waals surface area (Å²) in [6, 6.07) is 6.24. The minimum absolute atomic E-state index is 0.268. The van der Waals surface area contributed by atoms with Gasteiger partial charge in [-0.2, -0.15) is 3.89 Å². The molecule has 0 unspecified atom stereocenters. The number of aryl methyl sites for hydroxylation is 1. The summed E-state index contributed by atoms with van der Waals surface area (Å²) < 4.78 is 13.5. The molecular weight excluding hydrogens is 289 g/mol. The number of halogens is 1. The number of aromatic nitrogens is 1. The third-order valence-electron chi connectivity index (χ3n) is 2.57. The second-order valence-electron chi connectivity index (χ2n) is 4.19. The van der Waals surface area contributed by atoms with Gasteiger partial charge in [-0.25, -0.2) is 4.98 Å². The zero-order valence-electron chi connectivity index (χ0n) is 11.7. The smallest absolute Gasteiger partial charge is 0.120 e. The van der Waals surface area contributed by atoms with Crippen molar-refractivity contribution in [2.24, 2.45) is 0 Å². The van der Waals surface area contributed by atoms with Crippen LogP contribution in [0.4, 0.5) is 3.89 Å². The molecule has 1 aromatic carbocycles. The molecule has 1 heterocycles. The van der Waals surface area contributed by atoms with Crippen LogP contribution in [0.25, 0.3) is 15.8 Å². The van der Waals surface area contributed by atoms with Gasteiger partial charge in [-0.3, -0.25) is 0 Å². The van der Waals surface area contributed by atoms with Crippen molar-refractivity contribution in [1.82, 2.24) is 4.98 Å². The molecule has 0 N–H and O–H groups in total. The normalized spacial score (nSPS) is 12.1. The molecular formula is C16H16FNS2. The molecule has 0 aliphatic carbocycles. The second kappa shape index (κ2) is 7.88. The van der Waals surface area contributed by atoms with Gasteiger partial charge in [-0.1, -0.05) is 18.2 Å². The molecule has 0 aliphatic heterocycles. The lowest BCUT2D eigenvalue weighted by molar-refractivity contribution is 0.943. The van der Waals surface area contributed by atoms with E-state index in [1.165, 1.54) is 10.3 Å². The quantitative estimate of drug-likeness (QED) is 0.526. The first-order chi connectivity index (χ1) is 9.60. The summed E-state index contributed by atoms with van der Waals surface area (Å²) >= 11 is 1.94. The van der Waals surface area contributed by atoms with Gasteiger partial charge in [0.1, 0.15) is 5.01 Å². The summed E-state index contributed by atoms with van der Waals surface area (Å²) in [6.45, 7) is 5.82. The fourth-order valence-corrected chi connectivity index (χ4v) is 2.70. The Kier molecular flexibility index (Phi) is 6.50.